The number of rotatable bonds is 6. The van der Waals surface area contributed by atoms with Gasteiger partial charge >= 0.3 is 0 Å². The fourth-order valence-corrected chi connectivity index (χ4v) is 5.24. The molecule has 1 aromatic heterocycles. The first-order valence-electron chi connectivity index (χ1n) is 7.11. The number of nitrogens with zero attached hydrogens (tertiary/aromatic N) is 4. The molecule has 7 nitrogen and oxygen atoms in total. The zero-order valence-electron chi connectivity index (χ0n) is 12.6. The zero-order chi connectivity index (χ0) is 15.6. The Bertz CT molecular complexity index is 561. The van der Waals surface area contributed by atoms with Crippen LogP contribution < -0.4 is 5.32 Å². The molecular weight excluding hydrogens is 358 g/mol. The lowest BCUT2D eigenvalue weighted by Crippen LogP contribution is -2.43. The molecule has 1 atom stereocenters. The van der Waals surface area contributed by atoms with Gasteiger partial charge in [-0.15, -0.1) is 5.10 Å². The van der Waals surface area contributed by atoms with Gasteiger partial charge in [-0.2, -0.15) is 4.31 Å². The minimum absolute atomic E-state index is 0.112. The molecule has 0 bridgehead atoms. The molecule has 0 saturated carbocycles. The van der Waals surface area contributed by atoms with Crippen LogP contribution in [0.3, 0.4) is 0 Å². The van der Waals surface area contributed by atoms with Gasteiger partial charge in [-0.05, 0) is 41.2 Å². The first kappa shape index (κ1) is 16.9. The van der Waals surface area contributed by atoms with Gasteiger partial charge in [0.2, 0.25) is 5.03 Å². The van der Waals surface area contributed by atoms with Crippen molar-refractivity contribution in [3.8, 4) is 0 Å². The third-order valence-electron chi connectivity index (χ3n) is 3.48. The van der Waals surface area contributed by atoms with Crippen molar-refractivity contribution in [2.45, 2.75) is 37.8 Å². The average molecular weight is 380 g/mol. The van der Waals surface area contributed by atoms with Crippen LogP contribution in [0.15, 0.2) is 9.63 Å². The van der Waals surface area contributed by atoms with E-state index in [4.69, 9.17) is 0 Å². The Balaban J connectivity index is 2.29. The van der Waals surface area contributed by atoms with Crippen molar-refractivity contribution in [1.29, 1.82) is 0 Å². The lowest BCUT2D eigenvalue weighted by Gasteiger charge is -2.26. The second kappa shape index (κ2) is 6.72. The van der Waals surface area contributed by atoms with Gasteiger partial charge in [0.15, 0.2) is 4.60 Å². The Kier molecular flexibility index (Phi) is 5.39. The van der Waals surface area contributed by atoms with E-state index in [1.54, 1.807) is 11.4 Å². The van der Waals surface area contributed by atoms with Crippen LogP contribution in [-0.4, -0.2) is 53.4 Å². The summed E-state index contributed by atoms with van der Waals surface area (Å²) in [7, 11) is -2.03. The minimum Gasteiger partial charge on any atom is -0.313 e. The summed E-state index contributed by atoms with van der Waals surface area (Å²) < 4.78 is 29.0. The number of nitrogens with one attached hydrogen (secondary N) is 1. The first-order chi connectivity index (χ1) is 9.82. The Hall–Kier alpha value is -0.510. The molecule has 0 aromatic carbocycles. The van der Waals surface area contributed by atoms with E-state index in [1.807, 2.05) is 13.8 Å². The number of sulfonamides is 1. The molecule has 120 valence electrons. The predicted octanol–water partition coefficient (Wildman–Crippen LogP) is 0.976. The molecule has 1 saturated heterocycles. The van der Waals surface area contributed by atoms with Gasteiger partial charge in [-0.3, -0.25) is 0 Å². The van der Waals surface area contributed by atoms with E-state index in [2.05, 4.69) is 31.6 Å². The van der Waals surface area contributed by atoms with Gasteiger partial charge in [0.25, 0.3) is 10.0 Å². The SMILES string of the molecule is CC(C)CN(CC1CCCN1)S(=O)(=O)c1c(Br)nnn1C. The molecular formula is C12H22BrN5O2S. The predicted molar refractivity (Wildman–Crippen MR) is 83.3 cm³/mol. The number of aryl methyl sites for hydroxylation is 1. The summed E-state index contributed by atoms with van der Waals surface area (Å²) in [6.07, 6.45) is 2.10. The van der Waals surface area contributed by atoms with Crippen LogP contribution in [0.5, 0.6) is 0 Å². The molecule has 1 aliphatic rings. The summed E-state index contributed by atoms with van der Waals surface area (Å²) >= 11 is 3.18. The van der Waals surface area contributed by atoms with Crippen LogP contribution in [0.4, 0.5) is 0 Å². The highest BCUT2D eigenvalue weighted by Gasteiger charge is 2.33. The molecule has 2 heterocycles. The molecule has 9 heteroatoms. The fraction of sp³-hybridized carbons (Fsp3) is 0.833. The van der Waals surface area contributed by atoms with E-state index in [9.17, 15) is 8.42 Å². The van der Waals surface area contributed by atoms with Crippen molar-refractivity contribution >= 4 is 26.0 Å². The van der Waals surface area contributed by atoms with E-state index in [-0.39, 0.29) is 21.6 Å². The smallest absolute Gasteiger partial charge is 0.263 e. The number of hydrogen-bond acceptors (Lipinski definition) is 5. The standard InChI is InChI=1S/C12H22BrN5O2S/c1-9(2)7-18(8-10-5-4-6-14-10)21(19,20)12-11(13)15-16-17(12)3/h9-10,14H,4-8H2,1-3H3. The topological polar surface area (TPSA) is 80.1 Å². The lowest BCUT2D eigenvalue weighted by atomic mass is 10.2. The van der Waals surface area contributed by atoms with E-state index in [0.717, 1.165) is 19.4 Å². The van der Waals surface area contributed by atoms with Crippen molar-refractivity contribution < 1.29 is 8.42 Å². The van der Waals surface area contributed by atoms with Crippen LogP contribution in [0.1, 0.15) is 26.7 Å². The van der Waals surface area contributed by atoms with Crippen LogP contribution in [0.2, 0.25) is 0 Å². The number of hydrogen-bond donors (Lipinski definition) is 1. The van der Waals surface area contributed by atoms with Crippen molar-refractivity contribution in [2.75, 3.05) is 19.6 Å². The molecule has 0 aliphatic carbocycles. The molecule has 1 aromatic rings. The molecule has 1 N–H and O–H groups in total. The summed E-state index contributed by atoms with van der Waals surface area (Å²) in [6, 6.07) is 0.221. The summed E-state index contributed by atoms with van der Waals surface area (Å²) in [5.41, 5.74) is 0. The fourth-order valence-electron chi connectivity index (χ4n) is 2.56. The van der Waals surface area contributed by atoms with Gasteiger partial charge in [0.05, 0.1) is 0 Å². The quantitative estimate of drug-likeness (QED) is 0.796. The summed E-state index contributed by atoms with van der Waals surface area (Å²) in [5, 5.41) is 11.0. The Labute approximate surface area is 134 Å². The maximum atomic E-state index is 12.9. The minimum atomic E-state index is -3.62. The van der Waals surface area contributed by atoms with Crippen molar-refractivity contribution in [1.82, 2.24) is 24.6 Å². The molecule has 1 aliphatic heterocycles. The molecule has 0 spiro atoms. The van der Waals surface area contributed by atoms with Crippen LogP contribution in [-0.2, 0) is 17.1 Å². The second-order valence-corrected chi connectivity index (χ2v) is 8.42. The summed E-state index contributed by atoms with van der Waals surface area (Å²) in [5.74, 6) is 0.251. The van der Waals surface area contributed by atoms with Crippen molar-refractivity contribution in [2.24, 2.45) is 13.0 Å². The molecule has 2 rings (SSSR count). The van der Waals surface area contributed by atoms with E-state index >= 15 is 0 Å². The molecule has 0 radical (unpaired) electrons. The van der Waals surface area contributed by atoms with Gasteiger partial charge in [0.1, 0.15) is 0 Å². The maximum Gasteiger partial charge on any atom is 0.263 e. The van der Waals surface area contributed by atoms with E-state index in [1.165, 1.54) is 4.68 Å². The van der Waals surface area contributed by atoms with Crippen LogP contribution in [0.25, 0.3) is 0 Å². The average Bonchev–Trinajstić information content (AvgIpc) is 2.98. The van der Waals surface area contributed by atoms with Crippen molar-refractivity contribution in [3.63, 3.8) is 0 Å². The molecule has 1 fully saturated rings. The largest absolute Gasteiger partial charge is 0.313 e. The zero-order valence-corrected chi connectivity index (χ0v) is 15.0. The van der Waals surface area contributed by atoms with Gasteiger partial charge in [0, 0.05) is 26.2 Å². The Morgan fingerprint density at radius 2 is 2.24 bits per heavy atom. The second-order valence-electron chi connectivity index (χ2n) is 5.82. The number of aromatic nitrogens is 3. The monoisotopic (exact) mass is 379 g/mol. The third kappa shape index (κ3) is 3.82. The van der Waals surface area contributed by atoms with Crippen LogP contribution >= 0.6 is 15.9 Å². The lowest BCUT2D eigenvalue weighted by molar-refractivity contribution is 0.333. The van der Waals surface area contributed by atoms with Gasteiger partial charge in [-0.25, -0.2) is 13.1 Å². The third-order valence-corrected chi connectivity index (χ3v) is 6.20. The highest BCUT2D eigenvalue weighted by Crippen LogP contribution is 2.24. The molecule has 21 heavy (non-hydrogen) atoms. The van der Waals surface area contributed by atoms with Gasteiger partial charge < -0.3 is 5.32 Å². The molecule has 1 unspecified atom stereocenters. The summed E-state index contributed by atoms with van der Waals surface area (Å²) in [4.78, 5) is 0. The number of halogens is 1. The highest BCUT2D eigenvalue weighted by molar-refractivity contribution is 9.10. The molecule has 0 amide bonds. The van der Waals surface area contributed by atoms with E-state index in [0.29, 0.717) is 13.1 Å². The Morgan fingerprint density at radius 1 is 1.52 bits per heavy atom. The Morgan fingerprint density at radius 3 is 2.71 bits per heavy atom. The summed E-state index contributed by atoms with van der Waals surface area (Å²) in [6.45, 7) is 5.95. The van der Waals surface area contributed by atoms with Crippen molar-refractivity contribution in [3.05, 3.63) is 4.60 Å². The first-order valence-corrected chi connectivity index (χ1v) is 9.34. The van der Waals surface area contributed by atoms with E-state index < -0.39 is 10.0 Å². The van der Waals surface area contributed by atoms with Crippen LogP contribution in [0, 0.1) is 5.92 Å². The van der Waals surface area contributed by atoms with Gasteiger partial charge in [-0.1, -0.05) is 19.1 Å². The normalized spacial score (nSPS) is 19.8. The maximum absolute atomic E-state index is 12.9. The highest BCUT2D eigenvalue weighted by atomic mass is 79.9.